The molecule has 0 fully saturated rings. The van der Waals surface area contributed by atoms with Crippen molar-refractivity contribution >= 4 is 20.8 Å². The summed E-state index contributed by atoms with van der Waals surface area (Å²) in [5.74, 6) is -1.59. The van der Waals surface area contributed by atoms with Gasteiger partial charge in [-0.2, -0.15) is 0 Å². The predicted octanol–water partition coefficient (Wildman–Crippen LogP) is 5.62. The van der Waals surface area contributed by atoms with Crippen LogP contribution in [0.4, 0.5) is 4.39 Å². The Hall–Kier alpha value is -1.74. The fourth-order valence-electron chi connectivity index (χ4n) is 3.29. The van der Waals surface area contributed by atoms with Crippen LogP contribution >= 0.6 is 0 Å². The lowest BCUT2D eigenvalue weighted by molar-refractivity contribution is -0.131. The monoisotopic (exact) mass is 456 g/mol. The first kappa shape index (κ1) is 27.3. The van der Waals surface area contributed by atoms with E-state index in [1.54, 1.807) is 6.07 Å². The molecule has 0 aromatic heterocycles. The van der Waals surface area contributed by atoms with Gasteiger partial charge in [0.2, 0.25) is 0 Å². The van der Waals surface area contributed by atoms with Crippen LogP contribution in [0, 0.1) is 5.82 Å². The molecule has 1 rings (SSSR count). The van der Waals surface area contributed by atoms with Crippen molar-refractivity contribution in [3.63, 3.8) is 0 Å². The van der Waals surface area contributed by atoms with Crippen molar-refractivity contribution in [2.75, 3.05) is 19.8 Å². The molecule has 8 heteroatoms. The number of halogens is 1. The van der Waals surface area contributed by atoms with Gasteiger partial charge in [0.15, 0.2) is 17.3 Å². The lowest BCUT2D eigenvalue weighted by Gasteiger charge is -2.35. The van der Waals surface area contributed by atoms with Crippen LogP contribution in [0.25, 0.3) is 6.08 Å². The number of aliphatic carboxylic acids is 1. The molecule has 0 aliphatic heterocycles. The van der Waals surface area contributed by atoms with E-state index in [0.717, 1.165) is 31.8 Å². The van der Waals surface area contributed by atoms with Crippen molar-refractivity contribution < 1.29 is 32.3 Å². The molecule has 1 atom stereocenters. The summed E-state index contributed by atoms with van der Waals surface area (Å²) in [6.07, 6.45) is 8.34. The number of benzene rings is 1. The molecule has 176 valence electrons. The predicted molar refractivity (Wildman–Crippen MR) is 121 cm³/mol. The molecule has 0 radical (unpaired) electrons. The normalized spacial score (nSPS) is 12.9. The Morgan fingerprint density at radius 2 is 1.65 bits per heavy atom. The Morgan fingerprint density at radius 3 is 2.16 bits per heavy atom. The minimum Gasteiger partial charge on any atom is -0.483 e. The zero-order chi connectivity index (χ0) is 23.1. The lowest BCUT2D eigenvalue weighted by atomic mass is 10.1. The van der Waals surface area contributed by atoms with Gasteiger partial charge in [-0.25, -0.2) is 9.18 Å². The Labute approximate surface area is 186 Å². The summed E-state index contributed by atoms with van der Waals surface area (Å²) in [7, 11) is -3.22. The second-order valence-electron chi connectivity index (χ2n) is 7.07. The van der Waals surface area contributed by atoms with E-state index < -0.39 is 26.3 Å². The van der Waals surface area contributed by atoms with E-state index in [9.17, 15) is 9.18 Å². The van der Waals surface area contributed by atoms with Gasteiger partial charge in [-0.1, -0.05) is 38.7 Å². The Kier molecular flexibility index (Phi) is 13.3. The number of carboxylic acids is 1. The van der Waals surface area contributed by atoms with Crippen LogP contribution in [0.1, 0.15) is 71.8 Å². The van der Waals surface area contributed by atoms with Gasteiger partial charge in [0.05, 0.1) is 0 Å². The average molecular weight is 457 g/mol. The van der Waals surface area contributed by atoms with E-state index in [0.29, 0.717) is 31.8 Å². The van der Waals surface area contributed by atoms with Crippen LogP contribution in [0.2, 0.25) is 0 Å². The second-order valence-corrected chi connectivity index (χ2v) is 9.79. The molecule has 1 N–H and O–H groups in total. The minimum atomic E-state index is -3.22. The first-order valence-electron chi connectivity index (χ1n) is 11.2. The van der Waals surface area contributed by atoms with Crippen molar-refractivity contribution in [2.45, 2.75) is 71.9 Å². The molecule has 0 spiro atoms. The number of carboxylic acid groups (broad SMARTS) is 1. The highest BCUT2D eigenvalue weighted by Crippen LogP contribution is 2.28. The zero-order valence-electron chi connectivity index (χ0n) is 19.2. The Balaban J connectivity index is 3.12. The van der Waals surface area contributed by atoms with Gasteiger partial charge in [-0.05, 0) is 57.4 Å². The summed E-state index contributed by atoms with van der Waals surface area (Å²) >= 11 is 0. The van der Waals surface area contributed by atoms with E-state index in [1.807, 2.05) is 20.8 Å². The van der Waals surface area contributed by atoms with Crippen molar-refractivity contribution in [1.29, 1.82) is 0 Å². The molecule has 0 heterocycles. The van der Waals surface area contributed by atoms with Crippen molar-refractivity contribution in [2.24, 2.45) is 0 Å². The van der Waals surface area contributed by atoms with E-state index in [-0.39, 0.29) is 5.75 Å². The number of hydrogen-bond acceptors (Lipinski definition) is 5. The highest BCUT2D eigenvalue weighted by molar-refractivity contribution is 6.62. The highest BCUT2D eigenvalue weighted by Gasteiger charge is 2.51. The lowest BCUT2D eigenvalue weighted by Crippen LogP contribution is -2.59. The van der Waals surface area contributed by atoms with Gasteiger partial charge >= 0.3 is 14.8 Å². The van der Waals surface area contributed by atoms with Crippen LogP contribution in [0.15, 0.2) is 24.3 Å². The third-order valence-corrected chi connectivity index (χ3v) is 7.91. The number of rotatable bonds is 17. The van der Waals surface area contributed by atoms with E-state index in [2.05, 4.69) is 6.92 Å². The molecular weight excluding hydrogens is 419 g/mol. The number of ether oxygens (including phenoxy) is 1. The van der Waals surface area contributed by atoms with E-state index in [4.69, 9.17) is 23.1 Å². The second kappa shape index (κ2) is 15.1. The average Bonchev–Trinajstić information content (AvgIpc) is 2.73. The van der Waals surface area contributed by atoms with Crippen molar-refractivity contribution in [3.8, 4) is 5.75 Å². The van der Waals surface area contributed by atoms with Crippen molar-refractivity contribution in [1.82, 2.24) is 0 Å². The van der Waals surface area contributed by atoms with Crippen LogP contribution in [-0.4, -0.2) is 45.4 Å². The van der Waals surface area contributed by atoms with E-state index >= 15 is 0 Å². The van der Waals surface area contributed by atoms with Crippen LogP contribution in [0.5, 0.6) is 5.75 Å². The Morgan fingerprint density at radius 1 is 1.03 bits per heavy atom. The molecular formula is C23H37FO6Si. The molecule has 6 nitrogen and oxygen atoms in total. The molecule has 0 bridgehead atoms. The summed E-state index contributed by atoms with van der Waals surface area (Å²) in [6.45, 7) is 9.02. The number of carbonyl (C=O) groups is 1. The fourth-order valence-corrected chi connectivity index (χ4v) is 6.13. The maximum absolute atomic E-state index is 14.8. The summed E-state index contributed by atoms with van der Waals surface area (Å²) in [5.41, 5.74) is -0.102. The summed E-state index contributed by atoms with van der Waals surface area (Å²) < 4.78 is 38.9. The van der Waals surface area contributed by atoms with Gasteiger partial charge in [-0.15, -0.1) is 0 Å². The highest BCUT2D eigenvalue weighted by atomic mass is 28.4. The third kappa shape index (κ3) is 9.51. The molecule has 0 aliphatic carbocycles. The molecule has 0 aliphatic rings. The van der Waals surface area contributed by atoms with Gasteiger partial charge in [-0.3, -0.25) is 0 Å². The SMILES string of the molecule is CCCCCCCC(Oc1ccc(/C=C/C(=O)O)cc1F)[Si](OCC)(OCC)OCC. The topological polar surface area (TPSA) is 74.2 Å². The van der Waals surface area contributed by atoms with Gasteiger partial charge in [0.25, 0.3) is 0 Å². The smallest absolute Gasteiger partial charge is 0.483 e. The maximum atomic E-state index is 14.8. The van der Waals surface area contributed by atoms with Crippen LogP contribution in [-0.2, 0) is 18.1 Å². The van der Waals surface area contributed by atoms with Crippen LogP contribution in [0.3, 0.4) is 0 Å². The van der Waals surface area contributed by atoms with Crippen LogP contribution < -0.4 is 4.74 Å². The molecule has 1 unspecified atom stereocenters. The molecule has 1 aromatic rings. The standard InChI is InChI=1S/C23H37FO6Si/c1-5-9-10-11-12-13-23(31(27-6-2,28-7-3)29-8-4)30-21-16-14-19(18-20(21)24)15-17-22(25)26/h14-18,23H,5-13H2,1-4H3,(H,25,26)/b17-15+. The maximum Gasteiger partial charge on any atom is 0.543 e. The first-order chi connectivity index (χ1) is 14.9. The number of unbranched alkanes of at least 4 members (excludes halogenated alkanes) is 4. The number of hydrogen-bond donors (Lipinski definition) is 1. The summed E-state index contributed by atoms with van der Waals surface area (Å²) in [5, 5.41) is 8.75. The van der Waals surface area contributed by atoms with Gasteiger partial charge in [0, 0.05) is 25.9 Å². The third-order valence-electron chi connectivity index (χ3n) is 4.64. The molecule has 31 heavy (non-hydrogen) atoms. The van der Waals surface area contributed by atoms with E-state index in [1.165, 1.54) is 24.6 Å². The zero-order valence-corrected chi connectivity index (χ0v) is 20.2. The van der Waals surface area contributed by atoms with Gasteiger partial charge in [0.1, 0.15) is 0 Å². The summed E-state index contributed by atoms with van der Waals surface area (Å²) in [4.78, 5) is 10.7. The fraction of sp³-hybridized carbons (Fsp3) is 0.609. The molecule has 0 saturated carbocycles. The molecule has 0 amide bonds. The van der Waals surface area contributed by atoms with Crippen molar-refractivity contribution in [3.05, 3.63) is 35.7 Å². The quantitative estimate of drug-likeness (QED) is 0.186. The summed E-state index contributed by atoms with van der Waals surface area (Å²) in [6, 6.07) is 4.36. The molecule has 1 aromatic carbocycles. The minimum absolute atomic E-state index is 0.0713. The van der Waals surface area contributed by atoms with Gasteiger partial charge < -0.3 is 23.1 Å². The Bertz CT molecular complexity index is 665. The first-order valence-corrected chi connectivity index (χ1v) is 13.0. The largest absolute Gasteiger partial charge is 0.543 e. The molecule has 0 saturated heterocycles.